The lowest BCUT2D eigenvalue weighted by Crippen LogP contribution is -2.49. The number of aromatic nitrogens is 2. The molecule has 28 heavy (non-hydrogen) atoms. The lowest BCUT2D eigenvalue weighted by Gasteiger charge is -2.34. The van der Waals surface area contributed by atoms with Crippen LogP contribution in [0.5, 0.6) is 0 Å². The topological polar surface area (TPSA) is 98.6 Å². The third-order valence-corrected chi connectivity index (χ3v) is 5.58. The Bertz CT molecular complexity index is 983. The zero-order valence-corrected chi connectivity index (χ0v) is 16.9. The minimum absolute atomic E-state index is 0.0682. The van der Waals surface area contributed by atoms with E-state index in [1.165, 1.54) is 0 Å². The Kier molecular flexibility index (Phi) is 6.02. The minimum atomic E-state index is -3.32. The average molecular weight is 407 g/mol. The fraction of sp³-hybridized carbons (Fsp3) is 0.526. The molecule has 1 saturated heterocycles. The zero-order valence-electron chi connectivity index (χ0n) is 16.1. The molecular formula is C19H25N3O5S. The summed E-state index contributed by atoms with van der Waals surface area (Å²) in [4.78, 5) is 31.3. The monoisotopic (exact) mass is 407 g/mol. The number of nitrogens with zero attached hydrogens (tertiary/aromatic N) is 3. The van der Waals surface area contributed by atoms with Crippen molar-refractivity contribution < 1.29 is 22.7 Å². The van der Waals surface area contributed by atoms with Crippen molar-refractivity contribution in [2.75, 3.05) is 19.4 Å². The number of sulfone groups is 1. The summed E-state index contributed by atoms with van der Waals surface area (Å²) in [6.07, 6.45) is 3.40. The van der Waals surface area contributed by atoms with E-state index in [-0.39, 0.29) is 30.8 Å². The van der Waals surface area contributed by atoms with Crippen LogP contribution in [0.3, 0.4) is 0 Å². The fourth-order valence-electron chi connectivity index (χ4n) is 3.59. The van der Waals surface area contributed by atoms with E-state index in [0.29, 0.717) is 29.8 Å². The van der Waals surface area contributed by atoms with Crippen molar-refractivity contribution in [3.8, 4) is 0 Å². The van der Waals surface area contributed by atoms with E-state index >= 15 is 0 Å². The predicted molar refractivity (Wildman–Crippen MR) is 104 cm³/mol. The molecule has 0 spiro atoms. The summed E-state index contributed by atoms with van der Waals surface area (Å²) in [6.45, 7) is 2.42. The number of carbonyl (C=O) groups is 2. The van der Waals surface area contributed by atoms with Crippen molar-refractivity contribution in [3.05, 3.63) is 30.1 Å². The van der Waals surface area contributed by atoms with Crippen LogP contribution >= 0.6 is 0 Å². The highest BCUT2D eigenvalue weighted by Crippen LogP contribution is 2.22. The molecule has 9 heteroatoms. The van der Waals surface area contributed by atoms with Gasteiger partial charge in [0.1, 0.15) is 24.2 Å². The number of hydrogen-bond donors (Lipinski definition) is 0. The van der Waals surface area contributed by atoms with Crippen LogP contribution in [-0.2, 0) is 36.5 Å². The van der Waals surface area contributed by atoms with E-state index in [9.17, 15) is 18.0 Å². The van der Waals surface area contributed by atoms with Crippen LogP contribution < -0.4 is 0 Å². The Balaban J connectivity index is 1.91. The molecule has 1 aliphatic heterocycles. The molecule has 0 saturated carbocycles. The first-order valence-electron chi connectivity index (χ1n) is 9.38. The third kappa shape index (κ3) is 4.52. The van der Waals surface area contributed by atoms with Crippen molar-refractivity contribution in [1.29, 1.82) is 0 Å². The van der Waals surface area contributed by atoms with Gasteiger partial charge in [0.2, 0.25) is 5.91 Å². The maximum atomic E-state index is 13.1. The van der Waals surface area contributed by atoms with Gasteiger partial charge in [0, 0.05) is 12.8 Å². The maximum absolute atomic E-state index is 13.1. The van der Waals surface area contributed by atoms with Gasteiger partial charge < -0.3 is 14.2 Å². The largest absolute Gasteiger partial charge is 0.464 e. The number of piperidine rings is 1. The van der Waals surface area contributed by atoms with Gasteiger partial charge in [-0.05, 0) is 38.3 Å². The second-order valence-corrected chi connectivity index (χ2v) is 9.16. The summed E-state index contributed by atoms with van der Waals surface area (Å²) >= 11 is 0. The number of esters is 1. The van der Waals surface area contributed by atoms with Gasteiger partial charge in [-0.25, -0.2) is 18.2 Å². The van der Waals surface area contributed by atoms with E-state index in [2.05, 4.69) is 4.98 Å². The molecule has 0 bridgehead atoms. The van der Waals surface area contributed by atoms with Crippen LogP contribution in [0.1, 0.15) is 32.0 Å². The number of para-hydroxylation sites is 2. The zero-order chi connectivity index (χ0) is 20.3. The van der Waals surface area contributed by atoms with Crippen molar-refractivity contribution in [1.82, 2.24) is 14.5 Å². The van der Waals surface area contributed by atoms with E-state index < -0.39 is 15.9 Å². The first-order valence-corrected chi connectivity index (χ1v) is 11.4. The molecule has 0 aliphatic carbocycles. The Morgan fingerprint density at radius 3 is 2.71 bits per heavy atom. The first-order chi connectivity index (χ1) is 13.3. The lowest BCUT2D eigenvalue weighted by molar-refractivity contribution is -0.156. The van der Waals surface area contributed by atoms with Crippen molar-refractivity contribution in [2.45, 2.75) is 44.5 Å². The summed E-state index contributed by atoms with van der Waals surface area (Å²) in [6, 6.07) is 6.63. The Hall–Kier alpha value is -2.42. The molecule has 0 radical (unpaired) electrons. The van der Waals surface area contributed by atoms with Gasteiger partial charge in [-0.1, -0.05) is 12.1 Å². The summed E-state index contributed by atoms with van der Waals surface area (Å²) in [5.41, 5.74) is 1.33. The van der Waals surface area contributed by atoms with Gasteiger partial charge >= 0.3 is 5.97 Å². The molecular weight excluding hydrogens is 382 g/mol. The van der Waals surface area contributed by atoms with Gasteiger partial charge in [-0.15, -0.1) is 0 Å². The molecule has 1 aromatic carbocycles. The fourth-order valence-corrected chi connectivity index (χ4v) is 4.28. The van der Waals surface area contributed by atoms with Gasteiger partial charge in [0.05, 0.1) is 17.6 Å². The highest BCUT2D eigenvalue weighted by atomic mass is 32.2. The van der Waals surface area contributed by atoms with Gasteiger partial charge in [0.25, 0.3) is 0 Å². The van der Waals surface area contributed by atoms with Gasteiger partial charge in [0.15, 0.2) is 9.84 Å². The number of rotatable bonds is 6. The number of hydrogen-bond acceptors (Lipinski definition) is 6. The minimum Gasteiger partial charge on any atom is -0.464 e. The van der Waals surface area contributed by atoms with Crippen LogP contribution in [0.25, 0.3) is 11.0 Å². The molecule has 3 rings (SSSR count). The molecule has 8 nitrogen and oxygen atoms in total. The number of carbonyl (C=O) groups excluding carboxylic acids is 2. The van der Waals surface area contributed by atoms with Crippen LogP contribution in [-0.4, -0.2) is 60.2 Å². The number of fused-ring (bicyclic) bond motifs is 1. The Morgan fingerprint density at radius 1 is 1.25 bits per heavy atom. The summed E-state index contributed by atoms with van der Waals surface area (Å²) in [5.74, 6) is -0.559. The number of ether oxygens (including phenoxy) is 1. The summed E-state index contributed by atoms with van der Waals surface area (Å²) < 4.78 is 30.4. The van der Waals surface area contributed by atoms with Crippen molar-refractivity contribution in [3.63, 3.8) is 0 Å². The summed E-state index contributed by atoms with van der Waals surface area (Å²) in [5, 5.41) is 0. The second kappa shape index (κ2) is 8.30. The quantitative estimate of drug-likeness (QED) is 0.674. The normalized spacial score (nSPS) is 17.6. The number of imidazole rings is 1. The smallest absolute Gasteiger partial charge is 0.328 e. The number of likely N-dealkylation sites (tertiary alicyclic amines) is 1. The highest BCUT2D eigenvalue weighted by molar-refractivity contribution is 7.89. The molecule has 2 heterocycles. The molecule has 1 fully saturated rings. The average Bonchev–Trinajstić information content (AvgIpc) is 2.97. The molecule has 1 amide bonds. The second-order valence-electron chi connectivity index (χ2n) is 7.02. The van der Waals surface area contributed by atoms with Crippen molar-refractivity contribution in [2.24, 2.45) is 0 Å². The van der Waals surface area contributed by atoms with Gasteiger partial charge in [-0.3, -0.25) is 4.79 Å². The van der Waals surface area contributed by atoms with Crippen LogP contribution in [0.4, 0.5) is 0 Å². The molecule has 1 aromatic heterocycles. The van der Waals surface area contributed by atoms with Crippen molar-refractivity contribution >= 4 is 32.7 Å². The third-order valence-electron chi connectivity index (χ3n) is 4.80. The SMILES string of the molecule is CCOC(=O)[C@@H]1CCCCN1C(=O)Cn1c(CS(C)(=O)=O)nc2ccccc21. The predicted octanol–water partition coefficient (Wildman–Crippen LogP) is 1.53. The molecule has 1 aliphatic rings. The van der Waals surface area contributed by atoms with Crippen LogP contribution in [0.15, 0.2) is 24.3 Å². The van der Waals surface area contributed by atoms with Gasteiger partial charge in [-0.2, -0.15) is 0 Å². The summed E-state index contributed by atoms with van der Waals surface area (Å²) in [7, 11) is -3.32. The molecule has 2 aromatic rings. The van der Waals surface area contributed by atoms with Crippen LogP contribution in [0, 0.1) is 0 Å². The van der Waals surface area contributed by atoms with E-state index in [1.54, 1.807) is 28.5 Å². The lowest BCUT2D eigenvalue weighted by atomic mass is 10.0. The van der Waals surface area contributed by atoms with E-state index in [4.69, 9.17) is 4.74 Å². The maximum Gasteiger partial charge on any atom is 0.328 e. The number of amides is 1. The Morgan fingerprint density at radius 2 is 2.00 bits per heavy atom. The first kappa shape index (κ1) is 20.3. The number of benzene rings is 1. The van der Waals surface area contributed by atoms with E-state index in [0.717, 1.165) is 19.1 Å². The molecule has 1 atom stereocenters. The van der Waals surface area contributed by atoms with E-state index in [1.807, 2.05) is 12.1 Å². The molecule has 0 unspecified atom stereocenters. The van der Waals surface area contributed by atoms with Crippen LogP contribution in [0.2, 0.25) is 0 Å². The molecule has 152 valence electrons. The Labute approximate surface area is 164 Å². The standard InChI is InChI=1S/C19H25N3O5S/c1-3-27-19(24)16-10-6-7-11-21(16)18(23)12-22-15-9-5-4-8-14(15)20-17(22)13-28(2,25)26/h4-5,8-9,16H,3,6-7,10-13H2,1-2H3/t16-/m0/s1. The highest BCUT2D eigenvalue weighted by Gasteiger charge is 2.33. The molecule has 0 N–H and O–H groups in total.